The number of aromatic nitrogens is 3. The van der Waals surface area contributed by atoms with E-state index in [4.69, 9.17) is 0 Å². The summed E-state index contributed by atoms with van der Waals surface area (Å²) in [5.41, 5.74) is 0.869. The summed E-state index contributed by atoms with van der Waals surface area (Å²) in [6, 6.07) is 8.45. The molecule has 0 fully saturated rings. The molecule has 0 aliphatic rings. The number of hydrogen-bond donors (Lipinski definition) is 3. The third kappa shape index (κ3) is 4.05. The van der Waals surface area contributed by atoms with Gasteiger partial charge in [0, 0.05) is 11.6 Å². The van der Waals surface area contributed by atoms with Gasteiger partial charge in [-0.1, -0.05) is 29.5 Å². The maximum Gasteiger partial charge on any atom is 0.273 e. The SMILES string of the molecule is C[C@@H](CO)NC(=O)c1nn(C(C)(C)C)c2nc(NC(=O)c3ccccc3)sc12. The fourth-order valence-corrected chi connectivity index (χ4v) is 3.49. The zero-order valence-electron chi connectivity index (χ0n) is 16.2. The van der Waals surface area contributed by atoms with Crippen molar-refractivity contribution in [3.63, 3.8) is 0 Å². The number of hydrogen-bond acceptors (Lipinski definition) is 6. The number of anilines is 1. The molecule has 28 heavy (non-hydrogen) atoms. The number of carbonyl (C=O) groups is 2. The van der Waals surface area contributed by atoms with Crippen LogP contribution in [-0.2, 0) is 5.54 Å². The number of carbonyl (C=O) groups excluding carboxylic acids is 2. The van der Waals surface area contributed by atoms with Gasteiger partial charge in [0.1, 0.15) is 4.70 Å². The summed E-state index contributed by atoms with van der Waals surface area (Å²) in [6.07, 6.45) is 0. The lowest BCUT2D eigenvalue weighted by Gasteiger charge is -2.19. The minimum absolute atomic E-state index is 0.171. The molecule has 0 aliphatic heterocycles. The van der Waals surface area contributed by atoms with Crippen LogP contribution in [0.15, 0.2) is 30.3 Å². The highest BCUT2D eigenvalue weighted by Crippen LogP contribution is 2.32. The van der Waals surface area contributed by atoms with Crippen LogP contribution in [0.2, 0.25) is 0 Å². The van der Waals surface area contributed by atoms with Crippen molar-refractivity contribution in [2.24, 2.45) is 0 Å². The van der Waals surface area contributed by atoms with Gasteiger partial charge in [0.15, 0.2) is 16.5 Å². The Kier molecular flexibility index (Phi) is 5.48. The lowest BCUT2D eigenvalue weighted by Crippen LogP contribution is -2.35. The highest BCUT2D eigenvalue weighted by atomic mass is 32.1. The summed E-state index contributed by atoms with van der Waals surface area (Å²) in [7, 11) is 0. The van der Waals surface area contributed by atoms with Crippen molar-refractivity contribution in [2.45, 2.75) is 39.3 Å². The zero-order chi connectivity index (χ0) is 20.5. The van der Waals surface area contributed by atoms with E-state index < -0.39 is 11.6 Å². The van der Waals surface area contributed by atoms with Crippen LogP contribution in [0, 0.1) is 0 Å². The lowest BCUT2D eigenvalue weighted by atomic mass is 10.1. The van der Waals surface area contributed by atoms with E-state index in [0.717, 1.165) is 0 Å². The molecule has 148 valence electrons. The van der Waals surface area contributed by atoms with Crippen LogP contribution < -0.4 is 10.6 Å². The second kappa shape index (κ2) is 7.69. The predicted molar refractivity (Wildman–Crippen MR) is 109 cm³/mol. The number of aliphatic hydroxyl groups is 1. The molecule has 3 N–H and O–H groups in total. The predicted octanol–water partition coefficient (Wildman–Crippen LogP) is 2.61. The number of amides is 2. The first-order chi connectivity index (χ1) is 13.2. The second-order valence-corrected chi connectivity index (χ2v) is 8.48. The molecule has 9 heteroatoms. The molecular weight excluding hydrogens is 378 g/mol. The van der Waals surface area contributed by atoms with E-state index in [1.54, 1.807) is 35.9 Å². The first-order valence-electron chi connectivity index (χ1n) is 8.89. The Morgan fingerprint density at radius 1 is 1.21 bits per heavy atom. The fraction of sp³-hybridized carbons (Fsp3) is 0.368. The van der Waals surface area contributed by atoms with Gasteiger partial charge in [0.05, 0.1) is 12.1 Å². The first kappa shape index (κ1) is 20.0. The summed E-state index contributed by atoms with van der Waals surface area (Å²) >= 11 is 1.20. The number of aliphatic hydroxyl groups excluding tert-OH is 1. The Morgan fingerprint density at radius 3 is 2.50 bits per heavy atom. The number of nitrogens with one attached hydrogen (secondary N) is 2. The number of benzene rings is 1. The topological polar surface area (TPSA) is 109 Å². The molecule has 2 aromatic heterocycles. The van der Waals surface area contributed by atoms with Crippen molar-refractivity contribution >= 4 is 38.6 Å². The number of fused-ring (bicyclic) bond motifs is 1. The van der Waals surface area contributed by atoms with Gasteiger partial charge < -0.3 is 10.4 Å². The number of nitrogens with zero attached hydrogens (tertiary/aromatic N) is 3. The lowest BCUT2D eigenvalue weighted by molar-refractivity contribution is 0.0917. The average molecular weight is 401 g/mol. The Balaban J connectivity index is 1.99. The van der Waals surface area contributed by atoms with Crippen LogP contribution in [0.4, 0.5) is 5.13 Å². The minimum atomic E-state index is -0.409. The Bertz CT molecular complexity index is 1000. The van der Waals surface area contributed by atoms with Crippen molar-refractivity contribution in [1.29, 1.82) is 0 Å². The molecule has 1 aromatic carbocycles. The summed E-state index contributed by atoms with van der Waals surface area (Å²) in [4.78, 5) is 29.5. The van der Waals surface area contributed by atoms with Crippen LogP contribution in [0.25, 0.3) is 10.3 Å². The molecule has 2 amide bonds. The Labute approximate surface area is 166 Å². The van der Waals surface area contributed by atoms with Crippen molar-refractivity contribution in [3.8, 4) is 0 Å². The highest BCUT2D eigenvalue weighted by molar-refractivity contribution is 7.22. The van der Waals surface area contributed by atoms with E-state index in [2.05, 4.69) is 20.7 Å². The molecule has 0 radical (unpaired) electrons. The van der Waals surface area contributed by atoms with E-state index in [1.165, 1.54) is 11.3 Å². The van der Waals surface area contributed by atoms with Gasteiger partial charge in [-0.25, -0.2) is 4.68 Å². The normalized spacial score (nSPS) is 12.8. The van der Waals surface area contributed by atoms with Gasteiger partial charge in [-0.15, -0.1) is 0 Å². The quantitative estimate of drug-likeness (QED) is 0.609. The standard InChI is InChI=1S/C19H23N5O3S/c1-11(10-25)20-17(27)13-14-15(24(23-13)19(2,3)4)21-18(28-14)22-16(26)12-8-6-5-7-9-12/h5-9,11,25H,10H2,1-4H3,(H,20,27)(H,21,22,26)/t11-/m0/s1. The summed E-state index contributed by atoms with van der Waals surface area (Å²) in [5.74, 6) is -0.661. The first-order valence-corrected chi connectivity index (χ1v) is 9.70. The molecule has 1 atom stereocenters. The zero-order valence-corrected chi connectivity index (χ0v) is 17.0. The Morgan fingerprint density at radius 2 is 1.89 bits per heavy atom. The Hall–Kier alpha value is -2.78. The summed E-state index contributed by atoms with van der Waals surface area (Å²) < 4.78 is 2.26. The maximum atomic E-state index is 12.6. The van der Waals surface area contributed by atoms with Gasteiger partial charge in [-0.05, 0) is 39.8 Å². The van der Waals surface area contributed by atoms with Gasteiger partial charge in [0.25, 0.3) is 11.8 Å². The molecule has 2 heterocycles. The molecule has 0 saturated carbocycles. The van der Waals surface area contributed by atoms with Crippen LogP contribution in [0.5, 0.6) is 0 Å². The maximum absolute atomic E-state index is 12.6. The smallest absolute Gasteiger partial charge is 0.273 e. The molecular formula is C19H23N5O3S. The van der Waals surface area contributed by atoms with Gasteiger partial charge in [0.2, 0.25) is 0 Å². The molecule has 3 rings (SSSR count). The van der Waals surface area contributed by atoms with Crippen molar-refractivity contribution in [3.05, 3.63) is 41.6 Å². The molecule has 0 unspecified atom stereocenters. The molecule has 0 spiro atoms. The van der Waals surface area contributed by atoms with Crippen LogP contribution in [-0.4, -0.2) is 44.3 Å². The fourth-order valence-electron chi connectivity index (χ4n) is 2.57. The van der Waals surface area contributed by atoms with Crippen molar-refractivity contribution < 1.29 is 14.7 Å². The van der Waals surface area contributed by atoms with Crippen molar-refractivity contribution in [2.75, 3.05) is 11.9 Å². The van der Waals surface area contributed by atoms with Gasteiger partial charge >= 0.3 is 0 Å². The number of thiazole rings is 1. The molecule has 8 nitrogen and oxygen atoms in total. The molecule has 0 saturated heterocycles. The second-order valence-electron chi connectivity index (χ2n) is 7.48. The monoisotopic (exact) mass is 401 g/mol. The molecule has 3 aromatic rings. The molecule has 0 bridgehead atoms. The van der Waals surface area contributed by atoms with E-state index >= 15 is 0 Å². The third-order valence-corrected chi connectivity index (χ3v) is 4.95. The van der Waals surface area contributed by atoms with Gasteiger partial charge in [-0.2, -0.15) is 10.1 Å². The van der Waals surface area contributed by atoms with Crippen LogP contribution in [0.1, 0.15) is 48.5 Å². The van der Waals surface area contributed by atoms with Crippen LogP contribution in [0.3, 0.4) is 0 Å². The summed E-state index contributed by atoms with van der Waals surface area (Å²) in [5, 5.41) is 19.5. The van der Waals surface area contributed by atoms with E-state index in [0.29, 0.717) is 21.0 Å². The van der Waals surface area contributed by atoms with E-state index in [1.807, 2.05) is 26.8 Å². The van der Waals surface area contributed by atoms with Crippen LogP contribution >= 0.6 is 11.3 Å². The third-order valence-electron chi connectivity index (χ3n) is 3.98. The van der Waals surface area contributed by atoms with E-state index in [9.17, 15) is 14.7 Å². The average Bonchev–Trinajstić information content (AvgIpc) is 3.20. The van der Waals surface area contributed by atoms with E-state index in [-0.39, 0.29) is 24.1 Å². The van der Waals surface area contributed by atoms with Crippen molar-refractivity contribution in [1.82, 2.24) is 20.1 Å². The van der Waals surface area contributed by atoms with Gasteiger partial charge in [-0.3, -0.25) is 14.9 Å². The minimum Gasteiger partial charge on any atom is -0.394 e. The molecule has 0 aliphatic carbocycles. The number of rotatable bonds is 5. The summed E-state index contributed by atoms with van der Waals surface area (Å²) in [6.45, 7) is 7.40. The highest BCUT2D eigenvalue weighted by Gasteiger charge is 2.27. The largest absolute Gasteiger partial charge is 0.394 e.